The molecule has 0 aromatic carbocycles. The van der Waals surface area contributed by atoms with Gasteiger partial charge in [-0.3, -0.25) is 0 Å². The van der Waals surface area contributed by atoms with Crippen LogP contribution in [0.3, 0.4) is 0 Å². The number of hydrogen-bond donors (Lipinski definition) is 0. The van der Waals surface area contributed by atoms with Crippen molar-refractivity contribution in [3.05, 3.63) is 58.9 Å². The molecular formula is C14H17F3S. The molecule has 0 aliphatic rings. The van der Waals surface area contributed by atoms with Crippen LogP contribution < -0.4 is 0 Å². The monoisotopic (exact) mass is 274 g/mol. The predicted octanol–water partition coefficient (Wildman–Crippen LogP) is 5.78. The second-order valence-electron chi connectivity index (χ2n) is 3.69. The molecule has 0 spiro atoms. The Morgan fingerprint density at radius 1 is 1.28 bits per heavy atom. The van der Waals surface area contributed by atoms with Gasteiger partial charge in [-0.2, -0.15) is 13.2 Å². The van der Waals surface area contributed by atoms with Gasteiger partial charge in [-0.25, -0.2) is 0 Å². The molecule has 0 amide bonds. The van der Waals surface area contributed by atoms with Crippen LogP contribution in [0.2, 0.25) is 0 Å². The van der Waals surface area contributed by atoms with E-state index in [1.165, 1.54) is 11.8 Å². The lowest BCUT2D eigenvalue weighted by Crippen LogP contribution is -2.09. The van der Waals surface area contributed by atoms with E-state index in [1.54, 1.807) is 0 Å². The molecular weight excluding hydrogens is 257 g/mol. The van der Waals surface area contributed by atoms with E-state index in [0.717, 1.165) is 24.1 Å². The van der Waals surface area contributed by atoms with Crippen LogP contribution in [0, 0.1) is 0 Å². The molecule has 0 saturated carbocycles. The Labute approximate surface area is 111 Å². The van der Waals surface area contributed by atoms with Gasteiger partial charge in [-0.05, 0) is 30.4 Å². The van der Waals surface area contributed by atoms with Gasteiger partial charge in [0, 0.05) is 4.91 Å². The zero-order chi connectivity index (χ0) is 14.3. The summed E-state index contributed by atoms with van der Waals surface area (Å²) in [6, 6.07) is 0. The van der Waals surface area contributed by atoms with Crippen molar-refractivity contribution in [3.63, 3.8) is 0 Å². The summed E-state index contributed by atoms with van der Waals surface area (Å²) in [5, 5.41) is 1.86. The Bertz CT molecular complexity index is 398. The molecule has 0 aliphatic carbocycles. The molecule has 0 nitrogen and oxygen atoms in total. The van der Waals surface area contributed by atoms with Gasteiger partial charge in [-0.1, -0.05) is 50.1 Å². The summed E-state index contributed by atoms with van der Waals surface area (Å²) in [4.78, 5) is 0.492. The van der Waals surface area contributed by atoms with E-state index < -0.39 is 11.7 Å². The lowest BCUT2D eigenvalue weighted by Gasteiger charge is -2.09. The van der Waals surface area contributed by atoms with Crippen LogP contribution in [-0.4, -0.2) is 6.18 Å². The number of alkyl halides is 3. The Kier molecular flexibility index (Phi) is 6.84. The van der Waals surface area contributed by atoms with Crippen LogP contribution in [0.1, 0.15) is 20.3 Å². The maximum Gasteiger partial charge on any atom is 0.416 e. The van der Waals surface area contributed by atoms with Gasteiger partial charge in [0.1, 0.15) is 0 Å². The zero-order valence-electron chi connectivity index (χ0n) is 10.6. The molecule has 100 valence electrons. The van der Waals surface area contributed by atoms with Crippen molar-refractivity contribution in [3.8, 4) is 0 Å². The van der Waals surface area contributed by atoms with Crippen molar-refractivity contribution in [2.24, 2.45) is 0 Å². The quantitative estimate of drug-likeness (QED) is 0.553. The molecule has 0 heterocycles. The molecule has 0 aromatic rings. The average molecular weight is 274 g/mol. The van der Waals surface area contributed by atoms with E-state index in [9.17, 15) is 13.2 Å². The number of thioether (sulfide) groups is 1. The molecule has 0 bridgehead atoms. The molecule has 0 aromatic heterocycles. The molecule has 0 saturated heterocycles. The van der Waals surface area contributed by atoms with E-state index in [2.05, 4.69) is 19.7 Å². The van der Waals surface area contributed by atoms with Crippen molar-refractivity contribution in [1.29, 1.82) is 0 Å². The Morgan fingerprint density at radius 2 is 1.83 bits per heavy atom. The van der Waals surface area contributed by atoms with Gasteiger partial charge in [-0.15, -0.1) is 0 Å². The summed E-state index contributed by atoms with van der Waals surface area (Å²) in [6.07, 6.45) is -1.79. The predicted molar refractivity (Wildman–Crippen MR) is 74.3 cm³/mol. The third kappa shape index (κ3) is 5.96. The minimum Gasteiger partial charge on any atom is -0.166 e. The fraction of sp³-hybridized carbons (Fsp3) is 0.286. The van der Waals surface area contributed by atoms with Crippen molar-refractivity contribution in [2.75, 3.05) is 0 Å². The molecule has 4 heteroatoms. The first-order chi connectivity index (χ1) is 8.22. The summed E-state index contributed by atoms with van der Waals surface area (Å²) in [5.74, 6) is 0. The van der Waals surface area contributed by atoms with E-state index in [4.69, 9.17) is 0 Å². The summed E-state index contributed by atoms with van der Waals surface area (Å²) in [6.45, 7) is 14.4. The van der Waals surface area contributed by atoms with E-state index in [-0.39, 0.29) is 5.57 Å². The number of halogens is 3. The number of allylic oxidation sites excluding steroid dienone is 5. The molecule has 0 radical (unpaired) electrons. The topological polar surface area (TPSA) is 0 Å². The maximum atomic E-state index is 12.5. The van der Waals surface area contributed by atoms with Crippen LogP contribution in [0.15, 0.2) is 58.9 Å². The van der Waals surface area contributed by atoms with Crippen molar-refractivity contribution in [2.45, 2.75) is 26.4 Å². The van der Waals surface area contributed by atoms with Gasteiger partial charge in [0.05, 0.1) is 5.57 Å². The molecule has 0 rings (SSSR count). The SMILES string of the molecule is C=CC(=CC(=C)C(=C)SC=C(C)CC)C(F)(F)F. The second-order valence-corrected chi connectivity index (χ2v) is 4.65. The molecule has 0 aliphatic heterocycles. The Hall–Kier alpha value is -1.16. The highest BCUT2D eigenvalue weighted by Gasteiger charge is 2.31. The van der Waals surface area contributed by atoms with E-state index in [1.807, 2.05) is 19.3 Å². The minimum absolute atomic E-state index is 0.243. The van der Waals surface area contributed by atoms with Crippen molar-refractivity contribution >= 4 is 11.8 Å². The van der Waals surface area contributed by atoms with Gasteiger partial charge < -0.3 is 0 Å². The highest BCUT2D eigenvalue weighted by Crippen LogP contribution is 2.31. The highest BCUT2D eigenvalue weighted by molar-refractivity contribution is 8.06. The lowest BCUT2D eigenvalue weighted by molar-refractivity contribution is -0.0881. The summed E-state index contributed by atoms with van der Waals surface area (Å²) >= 11 is 1.28. The zero-order valence-corrected chi connectivity index (χ0v) is 11.4. The van der Waals surface area contributed by atoms with Crippen LogP contribution in [0.25, 0.3) is 0 Å². The summed E-state index contributed by atoms with van der Waals surface area (Å²) in [5.41, 5.74) is 0.565. The summed E-state index contributed by atoms with van der Waals surface area (Å²) in [7, 11) is 0. The average Bonchev–Trinajstić information content (AvgIpc) is 2.30. The van der Waals surface area contributed by atoms with E-state index >= 15 is 0 Å². The fourth-order valence-electron chi connectivity index (χ4n) is 0.855. The normalized spacial score (nSPS) is 13.4. The fourth-order valence-corrected chi connectivity index (χ4v) is 1.58. The second kappa shape index (κ2) is 7.31. The van der Waals surface area contributed by atoms with Gasteiger partial charge >= 0.3 is 6.18 Å². The van der Waals surface area contributed by atoms with Crippen molar-refractivity contribution < 1.29 is 13.2 Å². The molecule has 0 fully saturated rings. The van der Waals surface area contributed by atoms with Gasteiger partial charge in [0.25, 0.3) is 0 Å². The lowest BCUT2D eigenvalue weighted by atomic mass is 10.1. The van der Waals surface area contributed by atoms with Crippen LogP contribution in [0.4, 0.5) is 13.2 Å². The van der Waals surface area contributed by atoms with Crippen LogP contribution in [0.5, 0.6) is 0 Å². The smallest absolute Gasteiger partial charge is 0.166 e. The highest BCUT2D eigenvalue weighted by atomic mass is 32.2. The van der Waals surface area contributed by atoms with E-state index in [0.29, 0.717) is 4.91 Å². The molecule has 18 heavy (non-hydrogen) atoms. The first-order valence-electron chi connectivity index (χ1n) is 5.34. The molecule has 0 atom stereocenters. The largest absolute Gasteiger partial charge is 0.416 e. The number of rotatable bonds is 6. The maximum absolute atomic E-state index is 12.5. The van der Waals surface area contributed by atoms with Crippen LogP contribution >= 0.6 is 11.8 Å². The first-order valence-corrected chi connectivity index (χ1v) is 6.22. The summed E-state index contributed by atoms with van der Waals surface area (Å²) < 4.78 is 37.5. The first kappa shape index (κ1) is 16.8. The third-order valence-electron chi connectivity index (χ3n) is 2.20. The Morgan fingerprint density at radius 3 is 2.22 bits per heavy atom. The Balaban J connectivity index is 4.81. The third-order valence-corrected chi connectivity index (χ3v) is 3.26. The van der Waals surface area contributed by atoms with Gasteiger partial charge in [0.15, 0.2) is 0 Å². The van der Waals surface area contributed by atoms with Crippen LogP contribution in [-0.2, 0) is 0 Å². The van der Waals surface area contributed by atoms with Gasteiger partial charge in [0.2, 0.25) is 0 Å². The standard InChI is InChI=1S/C14H17F3S/c1-6-10(3)9-18-12(5)11(4)8-13(7-2)14(15,16)17/h7-9H,2,4-6H2,1,3H3. The molecule has 0 unspecified atom stereocenters. The minimum atomic E-state index is -4.41. The number of hydrogen-bond acceptors (Lipinski definition) is 1. The van der Waals surface area contributed by atoms with Crippen molar-refractivity contribution in [1.82, 2.24) is 0 Å². The molecule has 0 N–H and O–H groups in total.